The van der Waals surface area contributed by atoms with Crippen molar-refractivity contribution in [2.45, 2.75) is 55.9 Å². The number of Topliss-reactive ketones (excluding diaryl/α,β-unsaturated/α-hetero) is 1. The largest absolute Gasteiger partial charge is 0.481 e. The van der Waals surface area contributed by atoms with Gasteiger partial charge in [-0.25, -0.2) is 0 Å². The first-order valence-corrected chi connectivity index (χ1v) is 8.19. The highest BCUT2D eigenvalue weighted by Crippen LogP contribution is 2.23. The zero-order chi connectivity index (χ0) is 14.0. The predicted octanol–water partition coefficient (Wildman–Crippen LogP) is 3.54. The van der Waals surface area contributed by atoms with E-state index in [1.54, 1.807) is 0 Å². The second-order valence-electron chi connectivity index (χ2n) is 4.95. The third-order valence-corrected chi connectivity index (χ3v) is 6.85. The Balaban J connectivity index is 0. The SMILES string of the molecule is C=C[CH2][Al]([CH](C)C)[CH](C)C.CC(=O)CC(=O)O. The monoisotopic (exact) mass is 256 g/mol. The van der Waals surface area contributed by atoms with Gasteiger partial charge in [0.25, 0.3) is 14.1 Å². The molecule has 0 spiro atoms. The maximum atomic E-state index is 9.87. The lowest BCUT2D eigenvalue weighted by atomic mass is 10.3. The molecule has 98 valence electrons. The molecule has 0 heterocycles. The number of carbonyl (C=O) groups is 2. The van der Waals surface area contributed by atoms with Crippen molar-refractivity contribution < 1.29 is 14.7 Å². The minimum atomic E-state index is -1.06. The van der Waals surface area contributed by atoms with Gasteiger partial charge in [-0.05, 0) is 6.92 Å². The smallest absolute Gasteiger partial charge is 0.310 e. The standard InChI is InChI=1S/C4H6O3.2C3H7.C3H5.Al/c1-3(5)2-4(6)7;3*1-3-2;/h2H2,1H3,(H,6,7);2*3H,1-2H3;3H,1-2H2;. The van der Waals surface area contributed by atoms with Crippen LogP contribution in [0, 0.1) is 0 Å². The van der Waals surface area contributed by atoms with E-state index in [2.05, 4.69) is 40.3 Å². The average molecular weight is 256 g/mol. The molecule has 17 heavy (non-hydrogen) atoms. The summed E-state index contributed by atoms with van der Waals surface area (Å²) in [6.45, 7) is 14.4. The van der Waals surface area contributed by atoms with Crippen LogP contribution in [0.25, 0.3) is 0 Å². The molecule has 0 amide bonds. The number of ketones is 1. The van der Waals surface area contributed by atoms with Crippen LogP contribution in [0.3, 0.4) is 0 Å². The van der Waals surface area contributed by atoms with E-state index >= 15 is 0 Å². The van der Waals surface area contributed by atoms with Gasteiger partial charge in [-0.15, -0.1) is 12.7 Å². The summed E-state index contributed by atoms with van der Waals surface area (Å²) in [5.74, 6) is -1.37. The van der Waals surface area contributed by atoms with Crippen LogP contribution in [0.1, 0.15) is 41.0 Å². The van der Waals surface area contributed by atoms with Crippen LogP contribution in [0.15, 0.2) is 12.7 Å². The Morgan fingerprint density at radius 1 is 1.24 bits per heavy atom. The van der Waals surface area contributed by atoms with Crippen molar-refractivity contribution >= 4 is 25.9 Å². The third kappa shape index (κ3) is 13.3. The lowest BCUT2D eigenvalue weighted by Crippen LogP contribution is -2.19. The molecule has 0 unspecified atom stereocenters. The number of carboxylic acids is 1. The second-order valence-corrected chi connectivity index (χ2v) is 9.41. The maximum absolute atomic E-state index is 9.87. The molecule has 4 heteroatoms. The van der Waals surface area contributed by atoms with Crippen molar-refractivity contribution in [3.8, 4) is 0 Å². The zero-order valence-corrected chi connectivity index (χ0v) is 12.8. The minimum absolute atomic E-state index is 0.312. The number of allylic oxidation sites excluding steroid dienone is 1. The molecule has 0 aliphatic rings. The highest BCUT2D eigenvalue weighted by atomic mass is 27.2. The maximum Gasteiger partial charge on any atom is 0.310 e. The van der Waals surface area contributed by atoms with E-state index in [1.807, 2.05) is 0 Å². The molecule has 3 nitrogen and oxygen atoms in total. The zero-order valence-electron chi connectivity index (χ0n) is 11.7. The third-order valence-electron chi connectivity index (χ3n) is 2.55. The topological polar surface area (TPSA) is 54.4 Å². The Labute approximate surface area is 109 Å². The van der Waals surface area contributed by atoms with Crippen LogP contribution in [-0.2, 0) is 9.59 Å². The summed E-state index contributed by atoms with van der Waals surface area (Å²) >= 11 is -0.498. The molecule has 0 aromatic carbocycles. The fourth-order valence-corrected chi connectivity index (χ4v) is 4.73. The molecule has 0 fully saturated rings. The molecular formula is C13H25AlO3. The second kappa shape index (κ2) is 10.6. The van der Waals surface area contributed by atoms with Gasteiger partial charge in [0.2, 0.25) is 0 Å². The Morgan fingerprint density at radius 2 is 1.65 bits per heavy atom. The fourth-order valence-electron chi connectivity index (χ4n) is 1.72. The fraction of sp³-hybridized carbons (Fsp3) is 0.692. The van der Waals surface area contributed by atoms with Gasteiger partial charge >= 0.3 is 5.97 Å². The highest BCUT2D eigenvalue weighted by Gasteiger charge is 2.22. The molecular weight excluding hydrogens is 231 g/mol. The van der Waals surface area contributed by atoms with Gasteiger partial charge in [0.05, 0.1) is 0 Å². The number of rotatable bonds is 6. The van der Waals surface area contributed by atoms with E-state index in [1.165, 1.54) is 12.2 Å². The highest BCUT2D eigenvalue weighted by molar-refractivity contribution is 6.62. The number of aliphatic carboxylic acids is 1. The van der Waals surface area contributed by atoms with Crippen molar-refractivity contribution in [1.82, 2.24) is 0 Å². The predicted molar refractivity (Wildman–Crippen MR) is 73.9 cm³/mol. The summed E-state index contributed by atoms with van der Waals surface area (Å²) in [5.41, 5.74) is 0. The van der Waals surface area contributed by atoms with Crippen molar-refractivity contribution in [3.63, 3.8) is 0 Å². The molecule has 0 aliphatic heterocycles. The lowest BCUT2D eigenvalue weighted by molar-refractivity contribution is -0.139. The summed E-state index contributed by atoms with van der Waals surface area (Å²) in [4.78, 5) is 19.5. The molecule has 0 aliphatic carbocycles. The molecule has 0 radical (unpaired) electrons. The summed E-state index contributed by atoms with van der Waals surface area (Å²) in [6, 6.07) is 0. The van der Waals surface area contributed by atoms with Crippen LogP contribution in [0.2, 0.25) is 14.8 Å². The quantitative estimate of drug-likeness (QED) is 0.449. The number of carbonyl (C=O) groups excluding carboxylic acids is 1. The first-order valence-electron chi connectivity index (χ1n) is 6.04. The van der Waals surface area contributed by atoms with E-state index in [-0.39, 0.29) is 12.2 Å². The first kappa shape index (κ1) is 18.8. The van der Waals surface area contributed by atoms with Gasteiger partial charge < -0.3 is 5.11 Å². The molecule has 0 saturated carbocycles. The van der Waals surface area contributed by atoms with Gasteiger partial charge in [-0.1, -0.05) is 42.5 Å². The summed E-state index contributed by atoms with van der Waals surface area (Å²) < 4.78 is 1.86. The van der Waals surface area contributed by atoms with Crippen molar-refractivity contribution in [2.75, 3.05) is 0 Å². The van der Waals surface area contributed by atoms with Crippen LogP contribution >= 0.6 is 0 Å². The van der Waals surface area contributed by atoms with Gasteiger partial charge in [-0.2, -0.15) is 0 Å². The number of carboxylic acid groups (broad SMARTS) is 1. The molecule has 0 saturated heterocycles. The van der Waals surface area contributed by atoms with Crippen LogP contribution in [0.4, 0.5) is 0 Å². The first-order chi connectivity index (χ1) is 7.72. The number of hydrogen-bond donors (Lipinski definition) is 1. The molecule has 1 N–H and O–H groups in total. The normalized spacial score (nSPS) is 9.59. The summed E-state index contributed by atoms with van der Waals surface area (Å²) in [7, 11) is 0. The summed E-state index contributed by atoms with van der Waals surface area (Å²) in [5, 5.41) is 9.16. The van der Waals surface area contributed by atoms with E-state index < -0.39 is 20.1 Å². The van der Waals surface area contributed by atoms with E-state index in [9.17, 15) is 9.59 Å². The average Bonchev–Trinajstić information content (AvgIpc) is 2.11. The molecule has 0 rings (SSSR count). The Bertz CT molecular complexity index is 227. The number of hydrogen-bond acceptors (Lipinski definition) is 2. The Morgan fingerprint density at radius 3 is 1.71 bits per heavy atom. The van der Waals surface area contributed by atoms with Crippen molar-refractivity contribution in [1.29, 1.82) is 0 Å². The van der Waals surface area contributed by atoms with E-state index in [0.29, 0.717) is 0 Å². The van der Waals surface area contributed by atoms with Crippen LogP contribution in [0.5, 0.6) is 0 Å². The van der Waals surface area contributed by atoms with Gasteiger partial charge in [0.1, 0.15) is 12.2 Å². The molecule has 0 atom stereocenters. The van der Waals surface area contributed by atoms with Crippen molar-refractivity contribution in [3.05, 3.63) is 12.7 Å². The van der Waals surface area contributed by atoms with Crippen LogP contribution < -0.4 is 0 Å². The van der Waals surface area contributed by atoms with Gasteiger partial charge in [0, 0.05) is 0 Å². The van der Waals surface area contributed by atoms with Crippen LogP contribution in [-0.4, -0.2) is 31.0 Å². The summed E-state index contributed by atoms with van der Waals surface area (Å²) in [6.07, 6.45) is 1.73. The molecule has 0 aromatic rings. The Hall–Kier alpha value is -0.588. The van der Waals surface area contributed by atoms with Crippen molar-refractivity contribution in [2.24, 2.45) is 0 Å². The van der Waals surface area contributed by atoms with Gasteiger partial charge in [0.15, 0.2) is 0 Å². The Kier molecular flexibility index (Phi) is 11.7. The van der Waals surface area contributed by atoms with E-state index in [0.717, 1.165) is 9.56 Å². The molecule has 0 aromatic heterocycles. The lowest BCUT2D eigenvalue weighted by Gasteiger charge is -2.16. The van der Waals surface area contributed by atoms with E-state index in [4.69, 9.17) is 5.11 Å². The van der Waals surface area contributed by atoms with Gasteiger partial charge in [-0.3, -0.25) is 9.59 Å². The minimum Gasteiger partial charge on any atom is -0.481 e. The molecule has 0 bridgehead atoms.